The first kappa shape index (κ1) is 14.8. The minimum atomic E-state index is -0.0662. The molecule has 114 valence electrons. The molecule has 2 aromatic carbocycles. The van der Waals surface area contributed by atoms with E-state index in [4.69, 9.17) is 4.74 Å². The van der Waals surface area contributed by atoms with Crippen LogP contribution in [0.3, 0.4) is 0 Å². The molecule has 0 saturated carbocycles. The van der Waals surface area contributed by atoms with Crippen LogP contribution in [0.2, 0.25) is 0 Å². The molecular weight excluding hydrogens is 288 g/mol. The largest absolute Gasteiger partial charge is 0.497 e. The smallest absolute Gasteiger partial charge is 0.185 e. The van der Waals surface area contributed by atoms with Crippen molar-refractivity contribution in [1.82, 2.24) is 10.2 Å². The first-order valence-corrected chi connectivity index (χ1v) is 7.23. The number of ketones is 1. The number of H-pyrrole nitrogens is 1. The van der Waals surface area contributed by atoms with Gasteiger partial charge >= 0.3 is 0 Å². The molecule has 0 spiro atoms. The summed E-state index contributed by atoms with van der Waals surface area (Å²) in [5, 5.41) is 7.18. The zero-order valence-electron chi connectivity index (χ0n) is 12.7. The molecule has 0 saturated heterocycles. The van der Waals surface area contributed by atoms with E-state index in [9.17, 15) is 4.79 Å². The van der Waals surface area contributed by atoms with Crippen LogP contribution in [0.4, 0.5) is 0 Å². The molecule has 0 aliphatic heterocycles. The molecule has 0 unspecified atom stereocenters. The number of hydrogen-bond acceptors (Lipinski definition) is 3. The highest BCUT2D eigenvalue weighted by atomic mass is 16.5. The Morgan fingerprint density at radius 2 is 1.83 bits per heavy atom. The van der Waals surface area contributed by atoms with E-state index in [1.807, 2.05) is 36.4 Å². The van der Waals surface area contributed by atoms with Crippen LogP contribution in [0, 0.1) is 0 Å². The van der Waals surface area contributed by atoms with Gasteiger partial charge in [0.15, 0.2) is 5.78 Å². The van der Waals surface area contributed by atoms with Crippen LogP contribution in [-0.2, 0) is 0 Å². The maximum atomic E-state index is 12.1. The number of aromatic nitrogens is 2. The van der Waals surface area contributed by atoms with E-state index in [1.165, 1.54) is 6.08 Å². The molecule has 4 heteroatoms. The van der Waals surface area contributed by atoms with Gasteiger partial charge < -0.3 is 4.74 Å². The summed E-state index contributed by atoms with van der Waals surface area (Å²) in [5.41, 5.74) is 3.28. The van der Waals surface area contributed by atoms with Gasteiger partial charge in [0, 0.05) is 11.1 Å². The molecule has 0 atom stereocenters. The van der Waals surface area contributed by atoms with Gasteiger partial charge in [-0.2, -0.15) is 5.10 Å². The van der Waals surface area contributed by atoms with Crippen molar-refractivity contribution >= 4 is 11.9 Å². The number of methoxy groups -OCH3 is 1. The van der Waals surface area contributed by atoms with Gasteiger partial charge in [-0.1, -0.05) is 30.3 Å². The molecule has 4 nitrogen and oxygen atoms in total. The SMILES string of the molecule is COc1ccc(C(=O)C=Cc2cc(-c3ccccc3)n[nH]2)cc1. The lowest BCUT2D eigenvalue weighted by molar-refractivity contribution is 0.104. The highest BCUT2D eigenvalue weighted by Crippen LogP contribution is 2.18. The van der Waals surface area contributed by atoms with Crippen molar-refractivity contribution in [2.45, 2.75) is 0 Å². The molecule has 1 aromatic heterocycles. The zero-order valence-corrected chi connectivity index (χ0v) is 12.7. The van der Waals surface area contributed by atoms with Gasteiger partial charge in [0.1, 0.15) is 5.75 Å². The van der Waals surface area contributed by atoms with Gasteiger partial charge in [-0.3, -0.25) is 9.89 Å². The van der Waals surface area contributed by atoms with E-state index in [2.05, 4.69) is 10.2 Å². The minimum absolute atomic E-state index is 0.0662. The third kappa shape index (κ3) is 3.55. The molecule has 3 aromatic rings. The molecule has 23 heavy (non-hydrogen) atoms. The van der Waals surface area contributed by atoms with E-state index in [0.29, 0.717) is 5.56 Å². The number of hydrogen-bond donors (Lipinski definition) is 1. The lowest BCUT2D eigenvalue weighted by atomic mass is 10.1. The molecule has 3 rings (SSSR count). The van der Waals surface area contributed by atoms with Crippen molar-refractivity contribution in [3.05, 3.63) is 78.0 Å². The third-order valence-electron chi connectivity index (χ3n) is 3.46. The Kier molecular flexibility index (Phi) is 4.34. The second kappa shape index (κ2) is 6.75. The summed E-state index contributed by atoms with van der Waals surface area (Å²) in [6.07, 6.45) is 3.26. The standard InChI is InChI=1S/C19H16N2O2/c1-23-17-10-7-15(8-11-17)19(22)12-9-16-13-18(21-20-16)14-5-3-2-4-6-14/h2-13H,1H3,(H,20,21). The van der Waals surface area contributed by atoms with Crippen molar-refractivity contribution in [2.24, 2.45) is 0 Å². The van der Waals surface area contributed by atoms with Crippen molar-refractivity contribution in [1.29, 1.82) is 0 Å². The first-order valence-electron chi connectivity index (χ1n) is 7.23. The van der Waals surface area contributed by atoms with Crippen molar-refractivity contribution in [2.75, 3.05) is 7.11 Å². The molecule has 0 bridgehead atoms. The fraction of sp³-hybridized carbons (Fsp3) is 0.0526. The number of nitrogens with one attached hydrogen (secondary N) is 1. The van der Waals surface area contributed by atoms with Gasteiger partial charge in [0.25, 0.3) is 0 Å². The summed E-state index contributed by atoms with van der Waals surface area (Å²) >= 11 is 0. The van der Waals surface area contributed by atoms with Crippen molar-refractivity contribution in [3.8, 4) is 17.0 Å². The maximum Gasteiger partial charge on any atom is 0.185 e. The lowest BCUT2D eigenvalue weighted by Gasteiger charge is -1.99. The van der Waals surface area contributed by atoms with E-state index in [-0.39, 0.29) is 5.78 Å². The highest BCUT2D eigenvalue weighted by molar-refractivity contribution is 6.06. The maximum absolute atomic E-state index is 12.1. The molecule has 1 N–H and O–H groups in total. The monoisotopic (exact) mass is 304 g/mol. The Bertz CT molecular complexity index is 818. The number of carbonyl (C=O) groups excluding carboxylic acids is 1. The van der Waals surface area contributed by atoms with Crippen molar-refractivity contribution in [3.63, 3.8) is 0 Å². The summed E-state index contributed by atoms with van der Waals surface area (Å²) in [4.78, 5) is 12.1. The Morgan fingerprint density at radius 1 is 1.09 bits per heavy atom. The summed E-state index contributed by atoms with van der Waals surface area (Å²) in [6.45, 7) is 0. The average molecular weight is 304 g/mol. The van der Waals surface area contributed by atoms with Gasteiger partial charge in [0.05, 0.1) is 18.5 Å². The predicted molar refractivity (Wildman–Crippen MR) is 90.4 cm³/mol. The van der Waals surface area contributed by atoms with Gasteiger partial charge in [0.2, 0.25) is 0 Å². The number of aromatic amines is 1. The van der Waals surface area contributed by atoms with Crippen LogP contribution in [0.15, 0.2) is 66.7 Å². The van der Waals surface area contributed by atoms with Crippen LogP contribution in [0.1, 0.15) is 16.1 Å². The summed E-state index contributed by atoms with van der Waals surface area (Å²) in [5.74, 6) is 0.662. The normalized spacial score (nSPS) is 10.8. The van der Waals surface area contributed by atoms with E-state index < -0.39 is 0 Å². The number of rotatable bonds is 5. The fourth-order valence-electron chi connectivity index (χ4n) is 2.20. The van der Waals surface area contributed by atoms with Crippen LogP contribution < -0.4 is 4.74 Å². The Hall–Kier alpha value is -3.14. The predicted octanol–water partition coefficient (Wildman–Crippen LogP) is 3.98. The number of allylic oxidation sites excluding steroid dienone is 1. The Morgan fingerprint density at radius 3 is 2.52 bits per heavy atom. The van der Waals surface area contributed by atoms with Crippen molar-refractivity contribution < 1.29 is 9.53 Å². The van der Waals surface area contributed by atoms with E-state index in [0.717, 1.165) is 22.7 Å². The molecule has 0 amide bonds. The Labute approximate surface area is 134 Å². The molecule has 0 fully saturated rings. The third-order valence-corrected chi connectivity index (χ3v) is 3.46. The topological polar surface area (TPSA) is 55.0 Å². The number of nitrogens with zero attached hydrogens (tertiary/aromatic N) is 1. The second-order valence-corrected chi connectivity index (χ2v) is 5.00. The zero-order chi connectivity index (χ0) is 16.1. The minimum Gasteiger partial charge on any atom is -0.497 e. The number of carbonyl (C=O) groups is 1. The summed E-state index contributed by atoms with van der Waals surface area (Å²) in [6, 6.07) is 18.8. The molecule has 1 heterocycles. The van der Waals surface area contributed by atoms with E-state index >= 15 is 0 Å². The van der Waals surface area contributed by atoms with Gasteiger partial charge in [-0.05, 0) is 42.5 Å². The van der Waals surface area contributed by atoms with Crippen LogP contribution in [-0.4, -0.2) is 23.1 Å². The number of benzene rings is 2. The van der Waals surface area contributed by atoms with Gasteiger partial charge in [-0.25, -0.2) is 0 Å². The highest BCUT2D eigenvalue weighted by Gasteiger charge is 2.04. The number of ether oxygens (including phenoxy) is 1. The summed E-state index contributed by atoms with van der Waals surface area (Å²) < 4.78 is 5.08. The quantitative estimate of drug-likeness (QED) is 0.573. The molecule has 0 aliphatic rings. The molecular formula is C19H16N2O2. The average Bonchev–Trinajstić information content (AvgIpc) is 3.09. The van der Waals surface area contributed by atoms with Crippen LogP contribution in [0.5, 0.6) is 5.75 Å². The van der Waals surface area contributed by atoms with Crippen LogP contribution >= 0.6 is 0 Å². The Balaban J connectivity index is 1.72. The van der Waals surface area contributed by atoms with Gasteiger partial charge in [-0.15, -0.1) is 0 Å². The first-order chi connectivity index (χ1) is 11.3. The van der Waals surface area contributed by atoms with E-state index in [1.54, 1.807) is 37.5 Å². The molecule has 0 radical (unpaired) electrons. The lowest BCUT2D eigenvalue weighted by Crippen LogP contribution is -1.94. The fourth-order valence-corrected chi connectivity index (χ4v) is 2.20. The van der Waals surface area contributed by atoms with Crippen LogP contribution in [0.25, 0.3) is 17.3 Å². The second-order valence-electron chi connectivity index (χ2n) is 5.00. The molecule has 0 aliphatic carbocycles. The summed E-state index contributed by atoms with van der Waals surface area (Å²) in [7, 11) is 1.60.